The van der Waals surface area contributed by atoms with E-state index in [4.69, 9.17) is 14.5 Å². The van der Waals surface area contributed by atoms with E-state index in [0.717, 1.165) is 77.2 Å². The van der Waals surface area contributed by atoms with Crippen LogP contribution in [0.25, 0.3) is 0 Å². The molecular weight excluding hydrogens is 354 g/mol. The van der Waals surface area contributed by atoms with Gasteiger partial charge in [-0.3, -0.25) is 4.90 Å². The van der Waals surface area contributed by atoms with Crippen molar-refractivity contribution in [3.05, 3.63) is 12.3 Å². The quantitative estimate of drug-likeness (QED) is 0.801. The first-order valence-electron chi connectivity index (χ1n) is 11.0. The second kappa shape index (κ2) is 9.37. The van der Waals surface area contributed by atoms with Crippen LogP contribution in [-0.2, 0) is 9.47 Å². The molecule has 28 heavy (non-hydrogen) atoms. The minimum Gasteiger partial charge on any atom is -0.379 e. The molecule has 3 aliphatic rings. The third-order valence-corrected chi connectivity index (χ3v) is 6.19. The SMILES string of the molecule is CC(C)[C@@H]1OCCC[C@H]1Nc1ccnc(N2CC[C@H](CN3CCOCC3)C2)n1. The van der Waals surface area contributed by atoms with Crippen molar-refractivity contribution in [1.82, 2.24) is 14.9 Å². The molecule has 7 heteroatoms. The van der Waals surface area contributed by atoms with Gasteiger partial charge in [-0.05, 0) is 37.2 Å². The van der Waals surface area contributed by atoms with Gasteiger partial charge in [0.1, 0.15) is 5.82 Å². The first-order chi connectivity index (χ1) is 13.7. The predicted molar refractivity (Wildman–Crippen MR) is 111 cm³/mol. The number of aromatic nitrogens is 2. The number of rotatable bonds is 6. The largest absolute Gasteiger partial charge is 0.379 e. The minimum atomic E-state index is 0.247. The Labute approximate surface area is 168 Å². The lowest BCUT2D eigenvalue weighted by atomic mass is 9.94. The Balaban J connectivity index is 1.34. The fourth-order valence-corrected chi connectivity index (χ4v) is 4.70. The van der Waals surface area contributed by atoms with Crippen LogP contribution in [-0.4, -0.2) is 79.6 Å². The third-order valence-electron chi connectivity index (χ3n) is 6.19. The Morgan fingerprint density at radius 1 is 1.18 bits per heavy atom. The molecule has 0 amide bonds. The Kier molecular flexibility index (Phi) is 6.65. The molecule has 3 atom stereocenters. The molecule has 1 N–H and O–H groups in total. The van der Waals surface area contributed by atoms with Crippen LogP contribution in [0.2, 0.25) is 0 Å². The molecule has 4 heterocycles. The highest BCUT2D eigenvalue weighted by molar-refractivity contribution is 5.43. The van der Waals surface area contributed by atoms with Gasteiger partial charge in [0.15, 0.2) is 0 Å². The van der Waals surface area contributed by atoms with Crippen LogP contribution >= 0.6 is 0 Å². The highest BCUT2D eigenvalue weighted by Crippen LogP contribution is 2.26. The van der Waals surface area contributed by atoms with Crippen molar-refractivity contribution in [1.29, 1.82) is 0 Å². The zero-order valence-corrected chi connectivity index (χ0v) is 17.3. The van der Waals surface area contributed by atoms with Crippen LogP contribution in [0.5, 0.6) is 0 Å². The van der Waals surface area contributed by atoms with Gasteiger partial charge in [-0.25, -0.2) is 4.98 Å². The molecule has 1 aromatic heterocycles. The van der Waals surface area contributed by atoms with Crippen molar-refractivity contribution in [3.8, 4) is 0 Å². The predicted octanol–water partition coefficient (Wildman–Crippen LogP) is 2.25. The van der Waals surface area contributed by atoms with E-state index in [1.165, 1.54) is 6.42 Å². The molecule has 0 aliphatic carbocycles. The molecule has 0 bridgehead atoms. The van der Waals surface area contributed by atoms with E-state index in [1.807, 2.05) is 12.3 Å². The summed E-state index contributed by atoms with van der Waals surface area (Å²) >= 11 is 0. The number of anilines is 2. The highest BCUT2D eigenvalue weighted by atomic mass is 16.5. The summed E-state index contributed by atoms with van der Waals surface area (Å²) in [7, 11) is 0. The van der Waals surface area contributed by atoms with Crippen molar-refractivity contribution in [2.45, 2.75) is 45.3 Å². The Morgan fingerprint density at radius 3 is 2.86 bits per heavy atom. The van der Waals surface area contributed by atoms with E-state index in [9.17, 15) is 0 Å². The minimum absolute atomic E-state index is 0.247. The molecular formula is C21H35N5O2. The maximum Gasteiger partial charge on any atom is 0.227 e. The fraction of sp³-hybridized carbons (Fsp3) is 0.810. The van der Waals surface area contributed by atoms with Crippen LogP contribution in [0.1, 0.15) is 33.1 Å². The number of hydrogen-bond acceptors (Lipinski definition) is 7. The van der Waals surface area contributed by atoms with Gasteiger partial charge in [-0.15, -0.1) is 0 Å². The molecule has 3 fully saturated rings. The summed E-state index contributed by atoms with van der Waals surface area (Å²) in [6, 6.07) is 2.31. The topological polar surface area (TPSA) is 62.8 Å². The van der Waals surface area contributed by atoms with E-state index in [-0.39, 0.29) is 6.10 Å². The summed E-state index contributed by atoms with van der Waals surface area (Å²) in [6.45, 7) is 12.4. The third kappa shape index (κ3) is 4.93. The van der Waals surface area contributed by atoms with Crippen LogP contribution < -0.4 is 10.2 Å². The molecule has 3 aliphatic heterocycles. The fourth-order valence-electron chi connectivity index (χ4n) is 4.70. The van der Waals surface area contributed by atoms with Crippen molar-refractivity contribution in [2.24, 2.45) is 11.8 Å². The summed E-state index contributed by atoms with van der Waals surface area (Å²) in [5, 5.41) is 3.63. The van der Waals surface area contributed by atoms with Crippen LogP contribution in [0.3, 0.4) is 0 Å². The van der Waals surface area contributed by atoms with Crippen LogP contribution in [0.4, 0.5) is 11.8 Å². The van der Waals surface area contributed by atoms with Gasteiger partial charge in [0.25, 0.3) is 0 Å². The highest BCUT2D eigenvalue weighted by Gasteiger charge is 2.30. The molecule has 3 saturated heterocycles. The molecule has 7 nitrogen and oxygen atoms in total. The lowest BCUT2D eigenvalue weighted by molar-refractivity contribution is -0.0203. The van der Waals surface area contributed by atoms with Gasteiger partial charge < -0.3 is 19.7 Å². The lowest BCUT2D eigenvalue weighted by Gasteiger charge is -2.35. The van der Waals surface area contributed by atoms with E-state index < -0.39 is 0 Å². The van der Waals surface area contributed by atoms with Gasteiger partial charge in [-0.2, -0.15) is 4.98 Å². The second-order valence-electron chi connectivity index (χ2n) is 8.73. The molecule has 4 rings (SSSR count). The summed E-state index contributed by atoms with van der Waals surface area (Å²) in [5.74, 6) is 2.96. The van der Waals surface area contributed by atoms with Crippen LogP contribution in [0.15, 0.2) is 12.3 Å². The summed E-state index contributed by atoms with van der Waals surface area (Å²) in [5.41, 5.74) is 0. The zero-order valence-electron chi connectivity index (χ0n) is 17.3. The van der Waals surface area contributed by atoms with E-state index in [2.05, 4.69) is 33.9 Å². The maximum absolute atomic E-state index is 6.01. The molecule has 0 saturated carbocycles. The normalized spacial score (nSPS) is 29.4. The van der Waals surface area contributed by atoms with Crippen LogP contribution in [0, 0.1) is 11.8 Å². The molecule has 156 valence electrons. The number of nitrogens with zero attached hydrogens (tertiary/aromatic N) is 4. The monoisotopic (exact) mass is 389 g/mol. The van der Waals surface area contributed by atoms with Gasteiger partial charge in [-0.1, -0.05) is 13.8 Å². The second-order valence-corrected chi connectivity index (χ2v) is 8.73. The number of ether oxygens (including phenoxy) is 2. The Morgan fingerprint density at radius 2 is 2.04 bits per heavy atom. The molecule has 0 radical (unpaired) electrons. The van der Waals surface area contributed by atoms with Crippen molar-refractivity contribution >= 4 is 11.8 Å². The summed E-state index contributed by atoms with van der Waals surface area (Å²) in [4.78, 5) is 14.3. The van der Waals surface area contributed by atoms with E-state index in [1.54, 1.807) is 0 Å². The Hall–Kier alpha value is -1.44. The molecule has 0 unspecified atom stereocenters. The van der Waals surface area contributed by atoms with Crippen molar-refractivity contribution < 1.29 is 9.47 Å². The van der Waals surface area contributed by atoms with E-state index >= 15 is 0 Å². The average molecular weight is 390 g/mol. The molecule has 1 aromatic rings. The zero-order chi connectivity index (χ0) is 19.3. The smallest absolute Gasteiger partial charge is 0.227 e. The summed E-state index contributed by atoms with van der Waals surface area (Å²) in [6.07, 6.45) is 5.58. The first kappa shape index (κ1) is 19.9. The van der Waals surface area contributed by atoms with Gasteiger partial charge in [0.05, 0.1) is 25.4 Å². The first-order valence-corrected chi connectivity index (χ1v) is 11.0. The Bertz CT molecular complexity index is 623. The van der Waals surface area contributed by atoms with Gasteiger partial charge in [0.2, 0.25) is 5.95 Å². The van der Waals surface area contributed by atoms with Crippen molar-refractivity contribution in [2.75, 3.05) is 62.8 Å². The maximum atomic E-state index is 6.01. The average Bonchev–Trinajstić information content (AvgIpc) is 3.18. The summed E-state index contributed by atoms with van der Waals surface area (Å²) < 4.78 is 11.5. The number of nitrogens with one attached hydrogen (secondary N) is 1. The number of hydrogen-bond donors (Lipinski definition) is 1. The van der Waals surface area contributed by atoms with Gasteiger partial charge >= 0.3 is 0 Å². The molecule has 0 spiro atoms. The molecule has 0 aromatic carbocycles. The lowest BCUT2D eigenvalue weighted by Crippen LogP contribution is -2.43. The standard InChI is InChI=1S/C21H35N5O2/c1-16(2)20-18(4-3-11-28-20)23-19-5-7-22-21(24-19)26-8-6-17(15-26)14-25-9-12-27-13-10-25/h5,7,16-18,20H,3-4,6,8-15H2,1-2H3,(H,22,23,24)/t17-,18-,20+/m1/s1. The van der Waals surface area contributed by atoms with Crippen molar-refractivity contribution in [3.63, 3.8) is 0 Å². The van der Waals surface area contributed by atoms with Gasteiger partial charge in [0, 0.05) is 45.5 Å². The number of morpholine rings is 1. The van der Waals surface area contributed by atoms with E-state index in [0.29, 0.717) is 17.9 Å².